The third-order valence-electron chi connectivity index (χ3n) is 5.34. The molecule has 0 heterocycles. The van der Waals surface area contributed by atoms with Gasteiger partial charge < -0.3 is 10.2 Å². The highest BCUT2D eigenvalue weighted by Crippen LogP contribution is 2.22. The van der Waals surface area contributed by atoms with E-state index in [9.17, 15) is 9.59 Å². The molecule has 0 saturated heterocycles. The summed E-state index contributed by atoms with van der Waals surface area (Å²) in [4.78, 5) is 30.0. The fourth-order valence-electron chi connectivity index (χ4n) is 3.76. The zero-order valence-electron chi connectivity index (χ0n) is 20.5. The Kier molecular flexibility index (Phi) is 9.82. The molecular weight excluding hydrogens is 476 g/mol. The van der Waals surface area contributed by atoms with Gasteiger partial charge in [-0.15, -0.1) is 11.8 Å². The Hall–Kier alpha value is -2.76. The Morgan fingerprint density at radius 2 is 1.54 bits per heavy atom. The van der Waals surface area contributed by atoms with Gasteiger partial charge in [0.1, 0.15) is 6.04 Å². The van der Waals surface area contributed by atoms with Gasteiger partial charge in [0.05, 0.1) is 0 Å². The number of nitrogens with one attached hydrogen (secondary N) is 1. The van der Waals surface area contributed by atoms with Crippen molar-refractivity contribution in [2.75, 3.05) is 5.75 Å². The van der Waals surface area contributed by atoms with Gasteiger partial charge in [-0.05, 0) is 56.2 Å². The number of amides is 2. The maximum atomic E-state index is 13.6. The molecule has 3 rings (SSSR count). The number of benzene rings is 3. The first-order chi connectivity index (χ1) is 16.7. The van der Waals surface area contributed by atoms with Crippen molar-refractivity contribution in [1.82, 2.24) is 10.2 Å². The second-order valence-electron chi connectivity index (χ2n) is 9.51. The smallest absolute Gasteiger partial charge is 0.243 e. The van der Waals surface area contributed by atoms with Crippen molar-refractivity contribution in [3.8, 4) is 0 Å². The van der Waals surface area contributed by atoms with Gasteiger partial charge in [-0.2, -0.15) is 0 Å². The van der Waals surface area contributed by atoms with Gasteiger partial charge in [-0.25, -0.2) is 0 Å². The first-order valence-electron chi connectivity index (χ1n) is 11.8. The van der Waals surface area contributed by atoms with Crippen LogP contribution in [0.3, 0.4) is 0 Å². The number of thioether (sulfide) groups is 1. The third-order valence-corrected chi connectivity index (χ3v) is 6.59. The Labute approximate surface area is 218 Å². The number of halogens is 1. The maximum absolute atomic E-state index is 13.6. The Morgan fingerprint density at radius 1 is 0.914 bits per heavy atom. The van der Waals surface area contributed by atoms with E-state index in [4.69, 9.17) is 11.6 Å². The second kappa shape index (κ2) is 12.8. The standard InChI is InChI=1S/C29H33ClN2O2S/c1-29(2,3)31-28(34)26(20-22-11-6-4-7-12-22)32(21-23-13-10-14-24(30)19-23)27(33)17-18-35-25-15-8-5-9-16-25/h4-16,19,26H,17-18,20-21H2,1-3H3,(H,31,34)/t26-/m0/s1. The van der Waals surface area contributed by atoms with E-state index in [0.29, 0.717) is 30.2 Å². The van der Waals surface area contributed by atoms with Crippen LogP contribution in [0.25, 0.3) is 0 Å². The van der Waals surface area contributed by atoms with Crippen LogP contribution in [0.15, 0.2) is 89.8 Å². The molecule has 0 aromatic heterocycles. The molecule has 1 atom stereocenters. The normalized spacial score (nSPS) is 12.1. The number of carbonyl (C=O) groups is 2. The summed E-state index contributed by atoms with van der Waals surface area (Å²) in [6.07, 6.45) is 0.759. The fraction of sp³-hybridized carbons (Fsp3) is 0.310. The van der Waals surface area contributed by atoms with Gasteiger partial charge in [0, 0.05) is 40.6 Å². The average Bonchev–Trinajstić information content (AvgIpc) is 2.81. The van der Waals surface area contributed by atoms with Crippen molar-refractivity contribution >= 4 is 35.2 Å². The number of hydrogen-bond acceptors (Lipinski definition) is 3. The number of hydrogen-bond donors (Lipinski definition) is 1. The van der Waals surface area contributed by atoms with Crippen molar-refractivity contribution in [3.05, 3.63) is 101 Å². The highest BCUT2D eigenvalue weighted by atomic mass is 35.5. The zero-order valence-corrected chi connectivity index (χ0v) is 22.1. The molecule has 0 unspecified atom stereocenters. The summed E-state index contributed by atoms with van der Waals surface area (Å²) in [5, 5.41) is 3.69. The minimum absolute atomic E-state index is 0.0570. The van der Waals surface area contributed by atoms with Crippen molar-refractivity contribution in [2.45, 2.75) is 56.6 Å². The molecule has 0 aliphatic rings. The molecule has 0 spiro atoms. The van der Waals surface area contributed by atoms with E-state index in [1.807, 2.05) is 106 Å². The quantitative estimate of drug-likeness (QED) is 0.323. The van der Waals surface area contributed by atoms with E-state index >= 15 is 0 Å². The highest BCUT2D eigenvalue weighted by Gasteiger charge is 2.32. The lowest BCUT2D eigenvalue weighted by Crippen LogP contribution is -2.54. The molecule has 0 fully saturated rings. The van der Waals surface area contributed by atoms with E-state index in [1.54, 1.807) is 16.7 Å². The number of nitrogens with zero attached hydrogens (tertiary/aromatic N) is 1. The van der Waals surface area contributed by atoms with Gasteiger partial charge in [0.25, 0.3) is 0 Å². The first-order valence-corrected chi connectivity index (χ1v) is 13.2. The van der Waals surface area contributed by atoms with Crippen molar-refractivity contribution in [2.24, 2.45) is 0 Å². The largest absolute Gasteiger partial charge is 0.350 e. The summed E-state index contributed by atoms with van der Waals surface area (Å²) in [5.74, 6) is 0.416. The zero-order chi connectivity index (χ0) is 25.3. The monoisotopic (exact) mass is 508 g/mol. The molecule has 3 aromatic rings. The minimum atomic E-state index is -0.648. The van der Waals surface area contributed by atoms with E-state index in [0.717, 1.165) is 16.0 Å². The minimum Gasteiger partial charge on any atom is -0.350 e. The van der Waals surface area contributed by atoms with Crippen LogP contribution >= 0.6 is 23.4 Å². The number of rotatable bonds is 10. The van der Waals surface area contributed by atoms with Crippen LogP contribution in [-0.4, -0.2) is 34.0 Å². The van der Waals surface area contributed by atoms with Crippen LogP contribution in [0, 0.1) is 0 Å². The lowest BCUT2D eigenvalue weighted by atomic mass is 10.0. The molecular formula is C29H33ClN2O2S. The van der Waals surface area contributed by atoms with E-state index in [-0.39, 0.29) is 11.8 Å². The van der Waals surface area contributed by atoms with Crippen molar-refractivity contribution in [1.29, 1.82) is 0 Å². The van der Waals surface area contributed by atoms with Crippen LogP contribution < -0.4 is 5.32 Å². The summed E-state index contributed by atoms with van der Waals surface area (Å²) in [6.45, 7) is 6.16. The number of carbonyl (C=O) groups excluding carboxylic acids is 2. The van der Waals surface area contributed by atoms with Crippen LogP contribution in [0.5, 0.6) is 0 Å². The molecule has 1 N–H and O–H groups in total. The molecule has 2 amide bonds. The SMILES string of the molecule is CC(C)(C)NC(=O)[C@H](Cc1ccccc1)N(Cc1cccc(Cl)c1)C(=O)CCSc1ccccc1. The van der Waals surface area contributed by atoms with Crippen molar-refractivity contribution in [3.63, 3.8) is 0 Å². The molecule has 0 aliphatic heterocycles. The molecule has 35 heavy (non-hydrogen) atoms. The molecule has 184 valence electrons. The van der Waals surface area contributed by atoms with Crippen LogP contribution in [0.1, 0.15) is 38.3 Å². The lowest BCUT2D eigenvalue weighted by molar-refractivity contribution is -0.141. The molecule has 3 aromatic carbocycles. The predicted octanol–water partition coefficient (Wildman–Crippen LogP) is 6.38. The Bertz CT molecular complexity index is 1100. The molecule has 0 saturated carbocycles. The molecule has 6 heteroatoms. The maximum Gasteiger partial charge on any atom is 0.243 e. The van der Waals surface area contributed by atoms with E-state index in [1.165, 1.54) is 0 Å². The molecule has 0 bridgehead atoms. The van der Waals surface area contributed by atoms with Gasteiger partial charge in [0.2, 0.25) is 11.8 Å². The summed E-state index contributed by atoms with van der Waals surface area (Å²) in [7, 11) is 0. The summed E-state index contributed by atoms with van der Waals surface area (Å²) >= 11 is 7.87. The molecule has 0 aliphatic carbocycles. The molecule has 0 radical (unpaired) electrons. The van der Waals surface area contributed by atoms with Crippen LogP contribution in [0.4, 0.5) is 0 Å². The van der Waals surface area contributed by atoms with Gasteiger partial charge in [-0.1, -0.05) is 72.3 Å². The Balaban J connectivity index is 1.87. The fourth-order valence-corrected chi connectivity index (χ4v) is 4.83. The summed E-state index contributed by atoms with van der Waals surface area (Å²) in [5.41, 5.74) is 1.48. The third kappa shape index (κ3) is 9.08. The highest BCUT2D eigenvalue weighted by molar-refractivity contribution is 7.99. The summed E-state index contributed by atoms with van der Waals surface area (Å²) in [6, 6.07) is 26.7. The average molecular weight is 509 g/mol. The van der Waals surface area contributed by atoms with Gasteiger partial charge in [-0.3, -0.25) is 9.59 Å². The second-order valence-corrected chi connectivity index (χ2v) is 11.1. The van der Waals surface area contributed by atoms with Crippen LogP contribution in [0.2, 0.25) is 5.02 Å². The predicted molar refractivity (Wildman–Crippen MR) is 146 cm³/mol. The topological polar surface area (TPSA) is 49.4 Å². The summed E-state index contributed by atoms with van der Waals surface area (Å²) < 4.78 is 0. The Morgan fingerprint density at radius 3 is 2.17 bits per heavy atom. The van der Waals surface area contributed by atoms with Crippen molar-refractivity contribution < 1.29 is 9.59 Å². The van der Waals surface area contributed by atoms with E-state index in [2.05, 4.69) is 5.32 Å². The first kappa shape index (κ1) is 26.8. The van der Waals surface area contributed by atoms with Crippen LogP contribution in [-0.2, 0) is 22.6 Å². The van der Waals surface area contributed by atoms with Gasteiger partial charge >= 0.3 is 0 Å². The molecule has 4 nitrogen and oxygen atoms in total. The lowest BCUT2D eigenvalue weighted by Gasteiger charge is -2.34. The van der Waals surface area contributed by atoms with E-state index < -0.39 is 11.6 Å². The van der Waals surface area contributed by atoms with Gasteiger partial charge in [0.15, 0.2) is 0 Å².